The largest absolute Gasteiger partial charge is 0.480 e. The van der Waals surface area contributed by atoms with E-state index in [0.717, 1.165) is 18.4 Å². The highest BCUT2D eigenvalue weighted by atomic mass is 32.1. The van der Waals surface area contributed by atoms with E-state index in [1.807, 2.05) is 11.8 Å². The first-order chi connectivity index (χ1) is 12.9. The van der Waals surface area contributed by atoms with Crippen LogP contribution in [0.5, 0.6) is 0 Å². The van der Waals surface area contributed by atoms with Crippen LogP contribution in [0.15, 0.2) is 24.3 Å². The number of carbonyl (C=O) groups is 2. The minimum atomic E-state index is -0.835. The molecule has 6 nitrogen and oxygen atoms in total. The second-order valence-corrected chi connectivity index (χ2v) is 7.69. The quantitative estimate of drug-likeness (QED) is 0.758. The smallest absolute Gasteiger partial charge is 0.317 e. The van der Waals surface area contributed by atoms with E-state index < -0.39 is 5.97 Å². The maximum atomic E-state index is 13.1. The number of aromatic nitrogens is 1. The Balaban J connectivity index is 1.59. The number of carboxylic acid groups (broad SMARTS) is 1. The molecule has 0 saturated heterocycles. The summed E-state index contributed by atoms with van der Waals surface area (Å²) in [6, 6.07) is 6.27. The SMILES string of the molecule is CCN(CC(=O)O)C1CC(NC(=O)c2sc(-c3ccc(F)cc3)nc2C)C1. The van der Waals surface area contributed by atoms with Crippen LogP contribution >= 0.6 is 11.3 Å². The molecular weight excluding hydrogens is 369 g/mol. The Morgan fingerprint density at radius 3 is 2.59 bits per heavy atom. The van der Waals surface area contributed by atoms with Gasteiger partial charge in [0.1, 0.15) is 15.7 Å². The van der Waals surface area contributed by atoms with Gasteiger partial charge in [0.2, 0.25) is 0 Å². The number of halogens is 1. The number of carbonyl (C=O) groups excluding carboxylic acids is 1. The summed E-state index contributed by atoms with van der Waals surface area (Å²) in [5, 5.41) is 12.6. The lowest BCUT2D eigenvalue weighted by molar-refractivity contribution is -0.139. The molecule has 1 saturated carbocycles. The maximum absolute atomic E-state index is 13.1. The van der Waals surface area contributed by atoms with Crippen molar-refractivity contribution < 1.29 is 19.1 Å². The summed E-state index contributed by atoms with van der Waals surface area (Å²) in [4.78, 5) is 30.4. The van der Waals surface area contributed by atoms with Crippen molar-refractivity contribution >= 4 is 23.2 Å². The van der Waals surface area contributed by atoms with Crippen LogP contribution in [0.4, 0.5) is 4.39 Å². The van der Waals surface area contributed by atoms with E-state index in [-0.39, 0.29) is 30.4 Å². The van der Waals surface area contributed by atoms with Gasteiger partial charge in [-0.15, -0.1) is 11.3 Å². The number of benzene rings is 1. The molecular formula is C19H22FN3O3S. The topological polar surface area (TPSA) is 82.5 Å². The zero-order valence-electron chi connectivity index (χ0n) is 15.2. The van der Waals surface area contributed by atoms with Crippen LogP contribution in [-0.2, 0) is 4.79 Å². The van der Waals surface area contributed by atoms with Crippen LogP contribution in [0.3, 0.4) is 0 Å². The monoisotopic (exact) mass is 391 g/mol. The lowest BCUT2D eigenvalue weighted by atomic mass is 9.85. The van der Waals surface area contributed by atoms with Gasteiger partial charge in [-0.05, 0) is 50.6 Å². The normalized spacial score (nSPS) is 19.0. The Morgan fingerprint density at radius 2 is 2.00 bits per heavy atom. The first-order valence-electron chi connectivity index (χ1n) is 8.87. The zero-order valence-corrected chi connectivity index (χ0v) is 16.1. The summed E-state index contributed by atoms with van der Waals surface area (Å²) in [7, 11) is 0. The van der Waals surface area contributed by atoms with Gasteiger partial charge in [0.15, 0.2) is 0 Å². The van der Waals surface area contributed by atoms with Crippen LogP contribution in [-0.4, -0.2) is 52.0 Å². The number of thiazole rings is 1. The predicted octanol–water partition coefficient (Wildman–Crippen LogP) is 2.92. The Kier molecular flexibility index (Phi) is 5.86. The third-order valence-electron chi connectivity index (χ3n) is 4.80. The molecule has 2 N–H and O–H groups in total. The van der Waals surface area contributed by atoms with Gasteiger partial charge < -0.3 is 10.4 Å². The van der Waals surface area contributed by atoms with Gasteiger partial charge in [-0.3, -0.25) is 14.5 Å². The first-order valence-corrected chi connectivity index (χ1v) is 9.69. The minimum Gasteiger partial charge on any atom is -0.480 e. The van der Waals surface area contributed by atoms with Gasteiger partial charge in [0, 0.05) is 17.6 Å². The molecule has 8 heteroatoms. The van der Waals surface area contributed by atoms with Crippen LogP contribution < -0.4 is 5.32 Å². The molecule has 1 aromatic carbocycles. The molecule has 0 spiro atoms. The highest BCUT2D eigenvalue weighted by Crippen LogP contribution is 2.30. The van der Waals surface area contributed by atoms with Gasteiger partial charge in [0.25, 0.3) is 5.91 Å². The molecule has 0 bridgehead atoms. The third kappa shape index (κ3) is 4.51. The average molecular weight is 391 g/mol. The van der Waals surface area contributed by atoms with Gasteiger partial charge in [0.05, 0.1) is 12.2 Å². The van der Waals surface area contributed by atoms with Crippen molar-refractivity contribution in [3.63, 3.8) is 0 Å². The van der Waals surface area contributed by atoms with E-state index in [1.165, 1.54) is 23.5 Å². The number of hydrogen-bond donors (Lipinski definition) is 2. The van der Waals surface area contributed by atoms with Crippen LogP contribution in [0.2, 0.25) is 0 Å². The van der Waals surface area contributed by atoms with Gasteiger partial charge >= 0.3 is 5.97 Å². The first kappa shape index (κ1) is 19.4. The van der Waals surface area contributed by atoms with E-state index in [0.29, 0.717) is 22.1 Å². The van der Waals surface area contributed by atoms with E-state index in [2.05, 4.69) is 10.3 Å². The highest BCUT2D eigenvalue weighted by Gasteiger charge is 2.35. The van der Waals surface area contributed by atoms with Crippen molar-refractivity contribution in [3.8, 4) is 10.6 Å². The zero-order chi connectivity index (χ0) is 19.6. The molecule has 1 fully saturated rings. The highest BCUT2D eigenvalue weighted by molar-refractivity contribution is 7.17. The van der Waals surface area contributed by atoms with Crippen molar-refractivity contribution in [2.45, 2.75) is 38.8 Å². The van der Waals surface area contributed by atoms with Crippen LogP contribution in [0, 0.1) is 12.7 Å². The molecule has 1 aliphatic rings. The third-order valence-corrected chi connectivity index (χ3v) is 6.01. The minimum absolute atomic E-state index is 0.0246. The van der Waals surface area contributed by atoms with Crippen molar-refractivity contribution in [2.24, 2.45) is 0 Å². The second kappa shape index (κ2) is 8.14. The molecule has 2 aromatic rings. The lowest BCUT2D eigenvalue weighted by Crippen LogP contribution is -2.54. The van der Waals surface area contributed by atoms with Crippen LogP contribution in [0.1, 0.15) is 35.1 Å². The van der Waals surface area contributed by atoms with E-state index >= 15 is 0 Å². The van der Waals surface area contributed by atoms with Crippen LogP contribution in [0.25, 0.3) is 10.6 Å². The summed E-state index contributed by atoms with van der Waals surface area (Å²) in [5.74, 6) is -1.31. The van der Waals surface area contributed by atoms with Crippen molar-refractivity contribution in [3.05, 3.63) is 40.7 Å². The van der Waals surface area contributed by atoms with Gasteiger partial charge in [-0.25, -0.2) is 9.37 Å². The summed E-state index contributed by atoms with van der Waals surface area (Å²) in [5.41, 5.74) is 1.42. The number of amides is 1. The molecule has 3 rings (SSSR count). The molecule has 0 atom stereocenters. The number of carboxylic acids is 1. The Bertz CT molecular complexity index is 831. The molecule has 0 aliphatic heterocycles. The number of hydrogen-bond acceptors (Lipinski definition) is 5. The molecule has 1 aliphatic carbocycles. The number of aliphatic carboxylic acids is 1. The van der Waals surface area contributed by atoms with E-state index in [1.54, 1.807) is 19.1 Å². The molecule has 0 unspecified atom stereocenters. The molecule has 1 aromatic heterocycles. The van der Waals surface area contributed by atoms with Gasteiger partial charge in [-0.2, -0.15) is 0 Å². The molecule has 144 valence electrons. The number of rotatable bonds is 7. The number of likely N-dealkylation sites (N-methyl/N-ethyl adjacent to an activating group) is 1. The summed E-state index contributed by atoms with van der Waals surface area (Å²) in [6.07, 6.45) is 1.49. The fourth-order valence-electron chi connectivity index (χ4n) is 3.25. The van der Waals surface area contributed by atoms with Crippen molar-refractivity contribution in [1.29, 1.82) is 0 Å². The molecule has 0 radical (unpaired) electrons. The summed E-state index contributed by atoms with van der Waals surface area (Å²) >= 11 is 1.29. The average Bonchev–Trinajstić information content (AvgIpc) is 2.98. The fourth-order valence-corrected chi connectivity index (χ4v) is 4.23. The lowest BCUT2D eigenvalue weighted by Gasteiger charge is -2.42. The Morgan fingerprint density at radius 1 is 1.33 bits per heavy atom. The van der Waals surface area contributed by atoms with Gasteiger partial charge in [-0.1, -0.05) is 6.92 Å². The summed E-state index contributed by atoms with van der Waals surface area (Å²) < 4.78 is 13.1. The van der Waals surface area contributed by atoms with Crippen molar-refractivity contribution in [1.82, 2.24) is 15.2 Å². The fraction of sp³-hybridized carbons (Fsp3) is 0.421. The molecule has 1 amide bonds. The second-order valence-electron chi connectivity index (χ2n) is 6.69. The molecule has 27 heavy (non-hydrogen) atoms. The van der Waals surface area contributed by atoms with Crippen molar-refractivity contribution in [2.75, 3.05) is 13.1 Å². The standard InChI is InChI=1S/C19H22FN3O3S/c1-3-23(10-16(24)25)15-8-14(9-15)22-18(26)17-11(2)21-19(27-17)12-4-6-13(20)7-5-12/h4-7,14-15H,3,8-10H2,1-2H3,(H,22,26)(H,24,25). The number of nitrogens with one attached hydrogen (secondary N) is 1. The Hall–Kier alpha value is -2.32. The van der Waals surface area contributed by atoms with E-state index in [4.69, 9.17) is 5.11 Å². The predicted molar refractivity (Wildman–Crippen MR) is 101 cm³/mol. The Labute approximate surface area is 161 Å². The molecule has 1 heterocycles. The number of nitrogens with zero attached hydrogens (tertiary/aromatic N) is 2. The number of aryl methyl sites for hydroxylation is 1. The maximum Gasteiger partial charge on any atom is 0.317 e. The van der Waals surface area contributed by atoms with E-state index in [9.17, 15) is 14.0 Å². The summed E-state index contributed by atoms with van der Waals surface area (Å²) in [6.45, 7) is 4.42.